The summed E-state index contributed by atoms with van der Waals surface area (Å²) in [5.41, 5.74) is 1.58. The monoisotopic (exact) mass is 346 g/mol. The summed E-state index contributed by atoms with van der Waals surface area (Å²) in [6, 6.07) is 8.39. The second-order valence-corrected chi connectivity index (χ2v) is 7.52. The SMILES string of the molecule is COc1ccc(CC[C@@H](C)NC(=O)N2CCC3(CCOCC3)C2)cc1. The summed E-state index contributed by atoms with van der Waals surface area (Å²) >= 11 is 0. The molecule has 0 aromatic heterocycles. The number of benzene rings is 1. The zero-order valence-electron chi connectivity index (χ0n) is 15.4. The molecular weight excluding hydrogens is 316 g/mol. The van der Waals surface area contributed by atoms with Gasteiger partial charge in [-0.25, -0.2) is 4.79 Å². The van der Waals surface area contributed by atoms with Crippen molar-refractivity contribution in [3.05, 3.63) is 29.8 Å². The predicted octanol–water partition coefficient (Wildman–Crippen LogP) is 3.23. The van der Waals surface area contributed by atoms with E-state index in [2.05, 4.69) is 24.4 Å². The molecule has 1 N–H and O–H groups in total. The molecule has 138 valence electrons. The molecule has 2 saturated heterocycles. The number of aryl methyl sites for hydroxylation is 1. The Morgan fingerprint density at radius 3 is 2.68 bits per heavy atom. The smallest absolute Gasteiger partial charge is 0.317 e. The van der Waals surface area contributed by atoms with Crippen molar-refractivity contribution in [1.82, 2.24) is 10.2 Å². The number of likely N-dealkylation sites (tertiary alicyclic amines) is 1. The highest BCUT2D eigenvalue weighted by atomic mass is 16.5. The second kappa shape index (κ2) is 8.09. The number of hydrogen-bond acceptors (Lipinski definition) is 3. The zero-order chi connectivity index (χ0) is 17.7. The molecule has 0 unspecified atom stereocenters. The van der Waals surface area contributed by atoms with Gasteiger partial charge in [-0.15, -0.1) is 0 Å². The van der Waals surface area contributed by atoms with E-state index >= 15 is 0 Å². The Hall–Kier alpha value is -1.75. The van der Waals surface area contributed by atoms with Gasteiger partial charge in [-0.3, -0.25) is 0 Å². The third-order valence-electron chi connectivity index (χ3n) is 5.67. The van der Waals surface area contributed by atoms with Crippen LogP contribution in [0.1, 0.15) is 38.2 Å². The van der Waals surface area contributed by atoms with Gasteiger partial charge in [0.1, 0.15) is 5.75 Å². The summed E-state index contributed by atoms with van der Waals surface area (Å²) in [6.07, 6.45) is 5.18. The van der Waals surface area contributed by atoms with Crippen molar-refractivity contribution >= 4 is 6.03 Å². The molecule has 3 rings (SSSR count). The Kier molecular flexibility index (Phi) is 5.84. The molecule has 1 aromatic rings. The topological polar surface area (TPSA) is 50.8 Å². The minimum Gasteiger partial charge on any atom is -0.497 e. The number of ether oxygens (including phenoxy) is 2. The lowest BCUT2D eigenvalue weighted by molar-refractivity contribution is 0.0208. The van der Waals surface area contributed by atoms with Crippen LogP contribution in [-0.2, 0) is 11.2 Å². The molecule has 2 aliphatic rings. The van der Waals surface area contributed by atoms with Crippen LogP contribution < -0.4 is 10.1 Å². The van der Waals surface area contributed by atoms with Gasteiger partial charge in [0.25, 0.3) is 0 Å². The average Bonchev–Trinajstić information content (AvgIpc) is 3.04. The molecule has 1 spiro atoms. The molecule has 2 aliphatic heterocycles. The minimum absolute atomic E-state index is 0.0885. The summed E-state index contributed by atoms with van der Waals surface area (Å²) in [6.45, 7) is 5.52. The van der Waals surface area contributed by atoms with Crippen molar-refractivity contribution in [2.75, 3.05) is 33.4 Å². The van der Waals surface area contributed by atoms with Crippen LogP contribution >= 0.6 is 0 Å². The first kappa shape index (κ1) is 18.1. The number of nitrogens with one attached hydrogen (secondary N) is 1. The average molecular weight is 346 g/mol. The van der Waals surface area contributed by atoms with E-state index in [0.717, 1.165) is 64.2 Å². The standard InChI is InChI=1S/C20H30N2O3/c1-16(3-4-17-5-7-18(24-2)8-6-17)21-19(23)22-12-9-20(15-22)10-13-25-14-11-20/h5-8,16H,3-4,9-15H2,1-2H3,(H,21,23)/t16-/m1/s1. The van der Waals surface area contributed by atoms with Crippen LogP contribution in [0.5, 0.6) is 5.75 Å². The van der Waals surface area contributed by atoms with Gasteiger partial charge >= 0.3 is 6.03 Å². The summed E-state index contributed by atoms with van der Waals surface area (Å²) in [5, 5.41) is 3.17. The molecule has 5 heteroatoms. The van der Waals surface area contributed by atoms with Crippen LogP contribution in [0.15, 0.2) is 24.3 Å². The maximum absolute atomic E-state index is 12.5. The number of amides is 2. The summed E-state index contributed by atoms with van der Waals surface area (Å²) in [7, 11) is 1.68. The second-order valence-electron chi connectivity index (χ2n) is 7.52. The fraction of sp³-hybridized carbons (Fsp3) is 0.650. The molecule has 0 bridgehead atoms. The Labute approximate surface area is 150 Å². The van der Waals surface area contributed by atoms with Crippen LogP contribution in [0.2, 0.25) is 0 Å². The number of nitrogens with zero attached hydrogens (tertiary/aromatic N) is 1. The summed E-state index contributed by atoms with van der Waals surface area (Å²) in [4.78, 5) is 14.5. The first-order chi connectivity index (χ1) is 12.1. The van der Waals surface area contributed by atoms with Crippen molar-refractivity contribution in [1.29, 1.82) is 0 Å². The third kappa shape index (κ3) is 4.66. The fourth-order valence-corrected chi connectivity index (χ4v) is 3.87. The maximum Gasteiger partial charge on any atom is 0.317 e. The van der Waals surface area contributed by atoms with Gasteiger partial charge in [0, 0.05) is 32.3 Å². The first-order valence-corrected chi connectivity index (χ1v) is 9.36. The van der Waals surface area contributed by atoms with Gasteiger partial charge < -0.3 is 19.7 Å². The van der Waals surface area contributed by atoms with Gasteiger partial charge in [-0.1, -0.05) is 12.1 Å². The molecule has 2 fully saturated rings. The van der Waals surface area contributed by atoms with Crippen LogP contribution in [0.4, 0.5) is 4.79 Å². The molecule has 2 amide bonds. The van der Waals surface area contributed by atoms with Crippen LogP contribution in [-0.4, -0.2) is 50.4 Å². The van der Waals surface area contributed by atoms with Crippen LogP contribution in [0.3, 0.4) is 0 Å². The molecule has 0 aliphatic carbocycles. The molecule has 0 radical (unpaired) electrons. The van der Waals surface area contributed by atoms with Crippen LogP contribution in [0, 0.1) is 5.41 Å². The Bertz CT molecular complexity index is 567. The van der Waals surface area contributed by atoms with Gasteiger partial charge in [0.05, 0.1) is 7.11 Å². The Balaban J connectivity index is 1.42. The number of rotatable bonds is 5. The highest BCUT2D eigenvalue weighted by Gasteiger charge is 2.41. The molecule has 0 saturated carbocycles. The summed E-state index contributed by atoms with van der Waals surface area (Å²) in [5.74, 6) is 0.876. The van der Waals surface area contributed by atoms with E-state index in [4.69, 9.17) is 9.47 Å². The van der Waals surface area contributed by atoms with Crippen molar-refractivity contribution in [2.24, 2.45) is 5.41 Å². The first-order valence-electron chi connectivity index (χ1n) is 9.36. The van der Waals surface area contributed by atoms with E-state index in [1.165, 1.54) is 5.56 Å². The lowest BCUT2D eigenvalue weighted by atomic mass is 9.80. The van der Waals surface area contributed by atoms with E-state index in [0.29, 0.717) is 5.41 Å². The van der Waals surface area contributed by atoms with Gasteiger partial charge in [-0.05, 0) is 62.1 Å². The van der Waals surface area contributed by atoms with E-state index in [1.54, 1.807) is 7.11 Å². The largest absolute Gasteiger partial charge is 0.497 e. The quantitative estimate of drug-likeness (QED) is 0.890. The van der Waals surface area contributed by atoms with Crippen molar-refractivity contribution in [3.63, 3.8) is 0 Å². The number of carbonyl (C=O) groups is 1. The van der Waals surface area contributed by atoms with Crippen molar-refractivity contribution in [2.45, 2.75) is 45.1 Å². The molecule has 1 aromatic carbocycles. The van der Waals surface area contributed by atoms with Gasteiger partial charge in [0.15, 0.2) is 0 Å². The maximum atomic E-state index is 12.5. The number of hydrogen-bond donors (Lipinski definition) is 1. The van der Waals surface area contributed by atoms with Gasteiger partial charge in [0.2, 0.25) is 0 Å². The summed E-state index contributed by atoms with van der Waals surface area (Å²) < 4.78 is 10.7. The molecule has 5 nitrogen and oxygen atoms in total. The van der Waals surface area contributed by atoms with Crippen LogP contribution in [0.25, 0.3) is 0 Å². The fourth-order valence-electron chi connectivity index (χ4n) is 3.87. The van der Waals surface area contributed by atoms with E-state index in [-0.39, 0.29) is 12.1 Å². The lowest BCUT2D eigenvalue weighted by Crippen LogP contribution is -2.44. The van der Waals surface area contributed by atoms with E-state index in [9.17, 15) is 4.79 Å². The lowest BCUT2D eigenvalue weighted by Gasteiger charge is -2.33. The molecule has 1 atom stereocenters. The Morgan fingerprint density at radius 1 is 1.28 bits per heavy atom. The van der Waals surface area contributed by atoms with E-state index in [1.807, 2.05) is 17.0 Å². The van der Waals surface area contributed by atoms with E-state index < -0.39 is 0 Å². The third-order valence-corrected chi connectivity index (χ3v) is 5.67. The molecular formula is C20H30N2O3. The number of carbonyl (C=O) groups excluding carboxylic acids is 1. The highest BCUT2D eigenvalue weighted by molar-refractivity contribution is 5.74. The minimum atomic E-state index is 0.0885. The molecule has 25 heavy (non-hydrogen) atoms. The highest BCUT2D eigenvalue weighted by Crippen LogP contribution is 2.39. The molecule has 2 heterocycles. The number of methoxy groups -OCH3 is 1. The van der Waals surface area contributed by atoms with Crippen molar-refractivity contribution < 1.29 is 14.3 Å². The predicted molar refractivity (Wildman–Crippen MR) is 98.0 cm³/mol. The normalized spacial score (nSPS) is 20.5. The van der Waals surface area contributed by atoms with Crippen molar-refractivity contribution in [3.8, 4) is 5.75 Å². The number of urea groups is 1. The Morgan fingerprint density at radius 2 is 2.00 bits per heavy atom. The van der Waals surface area contributed by atoms with Gasteiger partial charge in [-0.2, -0.15) is 0 Å². The zero-order valence-corrected chi connectivity index (χ0v) is 15.4.